The van der Waals surface area contributed by atoms with Crippen LogP contribution in [0, 0.1) is 0 Å². The van der Waals surface area contributed by atoms with Crippen LogP contribution in [-0.2, 0) is 28.6 Å². The Morgan fingerprint density at radius 3 is 0.828 bits per heavy atom. The summed E-state index contributed by atoms with van der Waals surface area (Å²) >= 11 is 0. The molecule has 1 atom stereocenters. The standard InChI is InChI=1S/C58H106O6/c1-4-7-10-13-16-19-22-24-26-27-28-29-30-31-32-34-36-39-42-45-48-51-57(60)63-54-55(53-62-56(59)50-47-44-41-38-35-21-18-15-12-9-6-3)64-58(61)52-49-46-43-40-37-33-25-23-20-17-14-11-8-5-2/h15,18,23,25,27-28,55H,4-14,16-17,19-22,24,26,29-54H2,1-3H3/b18-15-,25-23-,28-27-. The Morgan fingerprint density at radius 2 is 0.531 bits per heavy atom. The highest BCUT2D eigenvalue weighted by Crippen LogP contribution is 2.15. The van der Waals surface area contributed by atoms with Gasteiger partial charge < -0.3 is 14.2 Å². The lowest BCUT2D eigenvalue weighted by Gasteiger charge is -2.18. The zero-order valence-corrected chi connectivity index (χ0v) is 42.8. The fraction of sp³-hybridized carbons (Fsp3) is 0.845. The lowest BCUT2D eigenvalue weighted by molar-refractivity contribution is -0.167. The van der Waals surface area contributed by atoms with E-state index in [-0.39, 0.29) is 31.1 Å². The molecule has 0 aliphatic heterocycles. The van der Waals surface area contributed by atoms with Crippen molar-refractivity contribution in [2.45, 2.75) is 303 Å². The molecule has 0 rings (SSSR count). The van der Waals surface area contributed by atoms with Crippen molar-refractivity contribution >= 4 is 17.9 Å². The van der Waals surface area contributed by atoms with Gasteiger partial charge in [0, 0.05) is 19.3 Å². The Balaban J connectivity index is 4.28. The van der Waals surface area contributed by atoms with E-state index in [1.54, 1.807) is 0 Å². The number of carbonyl (C=O) groups is 3. The second kappa shape index (κ2) is 53.2. The third kappa shape index (κ3) is 50.6. The van der Waals surface area contributed by atoms with E-state index in [2.05, 4.69) is 57.2 Å². The summed E-state index contributed by atoms with van der Waals surface area (Å²) in [4.78, 5) is 38.0. The normalized spacial score (nSPS) is 12.2. The van der Waals surface area contributed by atoms with Gasteiger partial charge in [0.05, 0.1) is 0 Å². The predicted molar refractivity (Wildman–Crippen MR) is 275 cm³/mol. The number of unbranched alkanes of at least 4 members (excludes halogenated alkanes) is 34. The average molecular weight is 899 g/mol. The molecule has 6 heteroatoms. The smallest absolute Gasteiger partial charge is 0.306 e. The average Bonchev–Trinajstić information content (AvgIpc) is 3.29. The maximum absolute atomic E-state index is 12.8. The van der Waals surface area contributed by atoms with Crippen molar-refractivity contribution in [1.29, 1.82) is 0 Å². The number of esters is 3. The van der Waals surface area contributed by atoms with Gasteiger partial charge in [-0.3, -0.25) is 14.4 Å². The minimum Gasteiger partial charge on any atom is -0.462 e. The highest BCUT2D eigenvalue weighted by molar-refractivity contribution is 5.71. The summed E-state index contributed by atoms with van der Waals surface area (Å²) in [6.45, 7) is 6.60. The van der Waals surface area contributed by atoms with Gasteiger partial charge in [-0.15, -0.1) is 0 Å². The molecule has 0 saturated heterocycles. The first-order chi connectivity index (χ1) is 31.5. The van der Waals surface area contributed by atoms with E-state index in [0.717, 1.165) is 70.6 Å². The second-order valence-electron chi connectivity index (χ2n) is 18.8. The van der Waals surface area contributed by atoms with E-state index in [1.165, 1.54) is 186 Å². The lowest BCUT2D eigenvalue weighted by Crippen LogP contribution is -2.30. The van der Waals surface area contributed by atoms with E-state index in [0.29, 0.717) is 19.3 Å². The molecule has 0 aromatic rings. The van der Waals surface area contributed by atoms with E-state index >= 15 is 0 Å². The molecular formula is C58H106O6. The Hall–Kier alpha value is -2.37. The van der Waals surface area contributed by atoms with Gasteiger partial charge in [0.2, 0.25) is 0 Å². The van der Waals surface area contributed by atoms with Gasteiger partial charge in [0.15, 0.2) is 6.10 Å². The highest BCUT2D eigenvalue weighted by atomic mass is 16.6. The molecule has 64 heavy (non-hydrogen) atoms. The fourth-order valence-corrected chi connectivity index (χ4v) is 8.06. The van der Waals surface area contributed by atoms with Crippen LogP contribution in [0.5, 0.6) is 0 Å². The van der Waals surface area contributed by atoms with Crippen molar-refractivity contribution in [3.05, 3.63) is 36.5 Å². The van der Waals surface area contributed by atoms with Crippen LogP contribution in [0.3, 0.4) is 0 Å². The molecule has 0 heterocycles. The van der Waals surface area contributed by atoms with Gasteiger partial charge in [-0.05, 0) is 89.9 Å². The van der Waals surface area contributed by atoms with Crippen LogP contribution in [0.2, 0.25) is 0 Å². The molecule has 0 fully saturated rings. The van der Waals surface area contributed by atoms with Gasteiger partial charge in [0.25, 0.3) is 0 Å². The third-order valence-electron chi connectivity index (χ3n) is 12.3. The second-order valence-corrected chi connectivity index (χ2v) is 18.8. The maximum Gasteiger partial charge on any atom is 0.306 e. The van der Waals surface area contributed by atoms with Crippen LogP contribution in [0.4, 0.5) is 0 Å². The van der Waals surface area contributed by atoms with Crippen LogP contribution in [0.25, 0.3) is 0 Å². The van der Waals surface area contributed by atoms with Crippen molar-refractivity contribution < 1.29 is 28.6 Å². The maximum atomic E-state index is 12.8. The van der Waals surface area contributed by atoms with E-state index < -0.39 is 6.10 Å². The summed E-state index contributed by atoms with van der Waals surface area (Å²) in [6.07, 6.45) is 62.8. The third-order valence-corrected chi connectivity index (χ3v) is 12.3. The molecule has 0 bridgehead atoms. The summed E-state index contributed by atoms with van der Waals surface area (Å²) < 4.78 is 16.8. The summed E-state index contributed by atoms with van der Waals surface area (Å²) in [5, 5.41) is 0. The molecule has 1 unspecified atom stereocenters. The van der Waals surface area contributed by atoms with Crippen LogP contribution in [0.1, 0.15) is 297 Å². The van der Waals surface area contributed by atoms with Crippen LogP contribution in [0.15, 0.2) is 36.5 Å². The van der Waals surface area contributed by atoms with Gasteiger partial charge in [-0.2, -0.15) is 0 Å². The van der Waals surface area contributed by atoms with Gasteiger partial charge in [-0.1, -0.05) is 224 Å². The molecule has 0 amide bonds. The van der Waals surface area contributed by atoms with Crippen molar-refractivity contribution in [2.75, 3.05) is 13.2 Å². The van der Waals surface area contributed by atoms with E-state index in [9.17, 15) is 14.4 Å². The minimum atomic E-state index is -0.778. The summed E-state index contributed by atoms with van der Waals surface area (Å²) in [5.74, 6) is -0.886. The molecule has 0 aliphatic rings. The summed E-state index contributed by atoms with van der Waals surface area (Å²) in [6, 6.07) is 0. The zero-order valence-electron chi connectivity index (χ0n) is 42.8. The highest BCUT2D eigenvalue weighted by Gasteiger charge is 2.19. The minimum absolute atomic E-state index is 0.0773. The SMILES string of the molecule is CCCC/C=C\CCCCCCCC(=O)OCC(COC(=O)CCCCCCCCCCC/C=C\CCCCCCCCCC)OC(=O)CCCCCCC/C=C\CCCCCCC. The van der Waals surface area contributed by atoms with Crippen molar-refractivity contribution in [3.63, 3.8) is 0 Å². The molecular weight excluding hydrogens is 793 g/mol. The largest absolute Gasteiger partial charge is 0.462 e. The van der Waals surface area contributed by atoms with Crippen molar-refractivity contribution in [1.82, 2.24) is 0 Å². The Kier molecular flexibility index (Phi) is 51.3. The van der Waals surface area contributed by atoms with E-state index in [1.807, 2.05) is 0 Å². The summed E-state index contributed by atoms with van der Waals surface area (Å²) in [5.41, 5.74) is 0. The number of hydrogen-bond donors (Lipinski definition) is 0. The molecule has 0 saturated carbocycles. The molecule has 6 nitrogen and oxygen atoms in total. The number of carbonyl (C=O) groups excluding carboxylic acids is 3. The first kappa shape index (κ1) is 61.6. The van der Waals surface area contributed by atoms with Crippen LogP contribution >= 0.6 is 0 Å². The number of ether oxygens (including phenoxy) is 3. The summed E-state index contributed by atoms with van der Waals surface area (Å²) in [7, 11) is 0. The Bertz CT molecular complexity index is 1080. The Labute approximate surface area is 397 Å². The van der Waals surface area contributed by atoms with Crippen LogP contribution in [-0.4, -0.2) is 37.2 Å². The van der Waals surface area contributed by atoms with Crippen molar-refractivity contribution in [3.8, 4) is 0 Å². The van der Waals surface area contributed by atoms with Gasteiger partial charge in [-0.25, -0.2) is 0 Å². The molecule has 0 N–H and O–H groups in total. The molecule has 0 aromatic heterocycles. The van der Waals surface area contributed by atoms with Gasteiger partial charge >= 0.3 is 17.9 Å². The van der Waals surface area contributed by atoms with Crippen LogP contribution < -0.4 is 0 Å². The first-order valence-electron chi connectivity index (χ1n) is 28.0. The van der Waals surface area contributed by atoms with Crippen molar-refractivity contribution in [2.24, 2.45) is 0 Å². The number of allylic oxidation sites excluding steroid dienone is 6. The molecule has 0 radical (unpaired) electrons. The monoisotopic (exact) mass is 899 g/mol. The Morgan fingerprint density at radius 1 is 0.297 bits per heavy atom. The quantitative estimate of drug-likeness (QED) is 0.0262. The molecule has 0 aliphatic carbocycles. The first-order valence-corrected chi connectivity index (χ1v) is 28.0. The van der Waals surface area contributed by atoms with E-state index in [4.69, 9.17) is 14.2 Å². The number of hydrogen-bond acceptors (Lipinski definition) is 6. The number of rotatable bonds is 51. The topological polar surface area (TPSA) is 78.9 Å². The molecule has 0 spiro atoms. The molecule has 374 valence electrons. The fourth-order valence-electron chi connectivity index (χ4n) is 8.06. The molecule has 0 aromatic carbocycles. The predicted octanol–water partition coefficient (Wildman–Crippen LogP) is 18.5. The van der Waals surface area contributed by atoms with Gasteiger partial charge in [0.1, 0.15) is 13.2 Å². The zero-order chi connectivity index (χ0) is 46.5. The lowest BCUT2D eigenvalue weighted by atomic mass is 10.1.